The molecule has 0 aliphatic rings. The van der Waals surface area contributed by atoms with Crippen LogP contribution in [0.1, 0.15) is 46.5 Å². The van der Waals surface area contributed by atoms with Crippen molar-refractivity contribution in [1.82, 2.24) is 9.55 Å². The first kappa shape index (κ1) is 18.8. The first-order valence-electron chi connectivity index (χ1n) is 8.24. The zero-order valence-corrected chi connectivity index (χ0v) is 16.0. The van der Waals surface area contributed by atoms with Gasteiger partial charge in [0.15, 0.2) is 5.78 Å². The number of rotatable bonds is 6. The van der Waals surface area contributed by atoms with E-state index in [0.717, 1.165) is 0 Å². The topological polar surface area (TPSA) is 115 Å². The normalized spacial score (nSPS) is 11.7. The highest BCUT2D eigenvalue weighted by molar-refractivity contribution is 7.12. The summed E-state index contributed by atoms with van der Waals surface area (Å²) in [5.74, 6) is -1.48. The molecule has 0 spiro atoms. The molecule has 8 heteroatoms. The summed E-state index contributed by atoms with van der Waals surface area (Å²) in [5.41, 5.74) is 5.36. The van der Waals surface area contributed by atoms with Crippen molar-refractivity contribution in [1.29, 1.82) is 0 Å². The molecule has 3 rings (SSSR count). The quantitative estimate of drug-likeness (QED) is 0.633. The molecule has 0 aromatic carbocycles. The minimum Gasteiger partial charge on any atom is -0.494 e. The molecule has 0 atom stereocenters. The molecule has 0 saturated carbocycles. The van der Waals surface area contributed by atoms with Gasteiger partial charge >= 0.3 is 0 Å². The smallest absolute Gasteiger partial charge is 0.224 e. The second kappa shape index (κ2) is 6.62. The number of thiophene rings is 1. The van der Waals surface area contributed by atoms with E-state index in [9.17, 15) is 19.5 Å². The Labute approximate surface area is 159 Å². The maximum absolute atomic E-state index is 13.0. The highest BCUT2D eigenvalue weighted by atomic mass is 32.1. The molecule has 0 aliphatic heterocycles. The monoisotopic (exact) mass is 385 g/mol. The number of fused-ring (bicyclic) bond motifs is 1. The van der Waals surface area contributed by atoms with Crippen LogP contribution in [0, 0.1) is 5.41 Å². The maximum Gasteiger partial charge on any atom is 0.224 e. The minimum absolute atomic E-state index is 0.0100. The average Bonchev–Trinajstić information content (AvgIpc) is 3.21. The van der Waals surface area contributed by atoms with E-state index >= 15 is 0 Å². The number of aromatic hydroxyl groups is 1. The van der Waals surface area contributed by atoms with E-state index in [0.29, 0.717) is 10.4 Å². The summed E-state index contributed by atoms with van der Waals surface area (Å²) in [6.07, 6.45) is 0. The number of Topliss-reactive ketones (excluding diaryl/α,β-unsaturated/α-hetero) is 1. The van der Waals surface area contributed by atoms with E-state index in [1.165, 1.54) is 28.9 Å². The number of nitrogens with zero attached hydrogens (tertiary/aromatic N) is 2. The summed E-state index contributed by atoms with van der Waals surface area (Å²) in [4.78, 5) is 41.2. The predicted octanol–water partition coefficient (Wildman–Crippen LogP) is 2.75. The SMILES string of the molecule is CC(=O)c1ccc2c(n1)c(C(=O)c1cccs1)c(O)n2CC(C)(C)C(N)=O. The lowest BCUT2D eigenvalue weighted by molar-refractivity contribution is -0.126. The molecule has 140 valence electrons. The number of carbonyl (C=O) groups excluding carboxylic acids is 3. The van der Waals surface area contributed by atoms with Crippen LogP contribution in [-0.2, 0) is 11.3 Å². The van der Waals surface area contributed by atoms with Crippen molar-refractivity contribution in [2.75, 3.05) is 0 Å². The molecule has 0 radical (unpaired) electrons. The second-order valence-corrected chi connectivity index (χ2v) is 7.91. The lowest BCUT2D eigenvalue weighted by atomic mass is 9.92. The van der Waals surface area contributed by atoms with E-state index < -0.39 is 17.1 Å². The van der Waals surface area contributed by atoms with Crippen LogP contribution in [0.2, 0.25) is 0 Å². The molecule has 3 aromatic rings. The van der Waals surface area contributed by atoms with Crippen molar-refractivity contribution in [2.45, 2.75) is 27.3 Å². The van der Waals surface area contributed by atoms with Gasteiger partial charge in [0.05, 0.1) is 15.8 Å². The van der Waals surface area contributed by atoms with Gasteiger partial charge in [-0.25, -0.2) is 4.98 Å². The van der Waals surface area contributed by atoms with Gasteiger partial charge in [0, 0.05) is 13.5 Å². The molecule has 0 bridgehead atoms. The molecule has 0 aliphatic carbocycles. The highest BCUT2D eigenvalue weighted by Crippen LogP contribution is 2.35. The van der Waals surface area contributed by atoms with Crippen LogP contribution in [0.15, 0.2) is 29.6 Å². The number of hydrogen-bond donors (Lipinski definition) is 2. The fraction of sp³-hybridized carbons (Fsp3) is 0.263. The Morgan fingerprint density at radius 1 is 1.26 bits per heavy atom. The van der Waals surface area contributed by atoms with E-state index in [1.54, 1.807) is 37.4 Å². The first-order valence-corrected chi connectivity index (χ1v) is 9.12. The fourth-order valence-corrected chi connectivity index (χ4v) is 3.45. The van der Waals surface area contributed by atoms with Gasteiger partial charge < -0.3 is 15.4 Å². The fourth-order valence-electron chi connectivity index (χ4n) is 2.78. The number of nitrogens with two attached hydrogens (primary N) is 1. The molecule has 1 amide bonds. The van der Waals surface area contributed by atoms with Crippen LogP contribution >= 0.6 is 11.3 Å². The van der Waals surface area contributed by atoms with Crippen LogP contribution in [0.25, 0.3) is 11.0 Å². The molecule has 27 heavy (non-hydrogen) atoms. The van der Waals surface area contributed by atoms with Crippen molar-refractivity contribution in [2.24, 2.45) is 11.1 Å². The summed E-state index contributed by atoms with van der Waals surface area (Å²) < 4.78 is 1.44. The minimum atomic E-state index is -0.966. The standard InChI is InChI=1S/C19H19N3O4S/c1-10(23)11-6-7-12-15(21-11)14(16(24)13-5-4-8-27-13)17(25)22(12)9-19(2,3)18(20)26/h4-8,25H,9H2,1-3H3,(H2,20,26). The Kier molecular flexibility index (Phi) is 4.61. The van der Waals surface area contributed by atoms with Gasteiger partial charge in [-0.3, -0.25) is 14.4 Å². The largest absolute Gasteiger partial charge is 0.494 e. The molecule has 3 N–H and O–H groups in total. The van der Waals surface area contributed by atoms with Gasteiger partial charge in [-0.1, -0.05) is 6.07 Å². The Balaban J connectivity index is 2.28. The van der Waals surface area contributed by atoms with Gasteiger partial charge in [0.25, 0.3) is 0 Å². The molecule has 0 unspecified atom stereocenters. The molecule has 3 heterocycles. The van der Waals surface area contributed by atoms with Crippen LogP contribution in [-0.4, -0.2) is 32.1 Å². The third kappa shape index (κ3) is 3.23. The van der Waals surface area contributed by atoms with Gasteiger partial charge in [-0.2, -0.15) is 0 Å². The third-order valence-corrected chi connectivity index (χ3v) is 5.30. The Morgan fingerprint density at radius 2 is 1.96 bits per heavy atom. The Hall–Kier alpha value is -3.00. The second-order valence-electron chi connectivity index (χ2n) is 6.96. The lowest BCUT2D eigenvalue weighted by Gasteiger charge is -2.22. The summed E-state index contributed by atoms with van der Waals surface area (Å²) >= 11 is 1.24. The number of hydrogen-bond acceptors (Lipinski definition) is 6. The molecule has 0 saturated heterocycles. The van der Waals surface area contributed by atoms with Crippen molar-refractivity contribution >= 4 is 39.8 Å². The molecule has 3 aromatic heterocycles. The maximum atomic E-state index is 13.0. The zero-order valence-electron chi connectivity index (χ0n) is 15.1. The summed E-state index contributed by atoms with van der Waals surface area (Å²) in [6, 6.07) is 6.52. The van der Waals surface area contributed by atoms with Gasteiger partial charge in [0.2, 0.25) is 17.6 Å². The Bertz CT molecular complexity index is 1060. The van der Waals surface area contributed by atoms with Crippen LogP contribution in [0.3, 0.4) is 0 Å². The van der Waals surface area contributed by atoms with Gasteiger partial charge in [-0.05, 0) is 37.4 Å². The average molecular weight is 385 g/mol. The highest BCUT2D eigenvalue weighted by Gasteiger charge is 2.31. The molecular formula is C19H19N3O4S. The lowest BCUT2D eigenvalue weighted by Crippen LogP contribution is -2.35. The third-order valence-electron chi connectivity index (χ3n) is 4.43. The number of carbonyl (C=O) groups is 3. The van der Waals surface area contributed by atoms with Crippen LogP contribution < -0.4 is 5.73 Å². The predicted molar refractivity (Wildman–Crippen MR) is 102 cm³/mol. The van der Waals surface area contributed by atoms with Crippen molar-refractivity contribution in [3.63, 3.8) is 0 Å². The van der Waals surface area contributed by atoms with Gasteiger partial charge in [0.1, 0.15) is 16.8 Å². The number of amides is 1. The number of primary amides is 1. The van der Waals surface area contributed by atoms with E-state index in [4.69, 9.17) is 5.73 Å². The zero-order chi connectivity index (χ0) is 19.9. The summed E-state index contributed by atoms with van der Waals surface area (Å²) in [7, 11) is 0. The molecule has 7 nitrogen and oxygen atoms in total. The van der Waals surface area contributed by atoms with Crippen molar-refractivity contribution < 1.29 is 19.5 Å². The molecule has 0 fully saturated rings. The van der Waals surface area contributed by atoms with Crippen molar-refractivity contribution in [3.05, 3.63) is 45.8 Å². The van der Waals surface area contributed by atoms with Crippen LogP contribution in [0.4, 0.5) is 0 Å². The summed E-state index contributed by atoms with van der Waals surface area (Å²) in [5, 5.41) is 12.6. The summed E-state index contributed by atoms with van der Waals surface area (Å²) in [6.45, 7) is 4.74. The van der Waals surface area contributed by atoms with Crippen LogP contribution in [0.5, 0.6) is 5.88 Å². The number of ketones is 2. The molecular weight excluding hydrogens is 366 g/mol. The first-order chi connectivity index (χ1) is 12.6. The number of aromatic nitrogens is 2. The van der Waals surface area contributed by atoms with E-state index in [-0.39, 0.29) is 35.0 Å². The number of pyridine rings is 1. The van der Waals surface area contributed by atoms with E-state index in [1.807, 2.05) is 0 Å². The Morgan fingerprint density at radius 3 is 2.52 bits per heavy atom. The van der Waals surface area contributed by atoms with Crippen molar-refractivity contribution in [3.8, 4) is 5.88 Å². The van der Waals surface area contributed by atoms with Gasteiger partial charge in [-0.15, -0.1) is 11.3 Å². The van der Waals surface area contributed by atoms with E-state index in [2.05, 4.69) is 4.98 Å².